The number of H-pyrrole nitrogens is 1. The number of carbonyl (C=O) groups is 1. The van der Waals surface area contributed by atoms with Gasteiger partial charge in [-0.05, 0) is 26.8 Å². The van der Waals surface area contributed by atoms with Crippen LogP contribution in [0.5, 0.6) is 0 Å². The molecule has 1 amide bonds. The Morgan fingerprint density at radius 3 is 2.73 bits per heavy atom. The summed E-state index contributed by atoms with van der Waals surface area (Å²) in [7, 11) is 0. The molecule has 0 aromatic carbocycles. The Labute approximate surface area is 128 Å². The van der Waals surface area contributed by atoms with E-state index < -0.39 is 0 Å². The Morgan fingerprint density at radius 1 is 1.32 bits per heavy atom. The molecule has 7 nitrogen and oxygen atoms in total. The summed E-state index contributed by atoms with van der Waals surface area (Å²) in [4.78, 5) is 25.2. The first-order valence-electron chi connectivity index (χ1n) is 7.27. The molecule has 116 valence electrons. The number of nitrogens with zero attached hydrogens (tertiary/aromatic N) is 4. The molecule has 3 rings (SSSR count). The minimum Gasteiger partial charge on any atom is -0.332 e. The number of nitrogens with one attached hydrogen (secondary N) is 1. The highest BCUT2D eigenvalue weighted by Gasteiger charge is 2.28. The second-order valence-electron chi connectivity index (χ2n) is 6.48. The summed E-state index contributed by atoms with van der Waals surface area (Å²) in [6.45, 7) is 7.48. The fourth-order valence-corrected chi connectivity index (χ4v) is 2.71. The highest BCUT2D eigenvalue weighted by Crippen LogP contribution is 2.24. The van der Waals surface area contributed by atoms with Crippen molar-refractivity contribution in [2.45, 2.75) is 39.3 Å². The van der Waals surface area contributed by atoms with E-state index in [4.69, 9.17) is 0 Å². The number of hydrogen-bond donors (Lipinski definition) is 1. The van der Waals surface area contributed by atoms with E-state index in [9.17, 15) is 9.59 Å². The lowest BCUT2D eigenvalue weighted by molar-refractivity contribution is 0.0725. The fraction of sp³-hybridized carbons (Fsp3) is 0.467. The zero-order valence-corrected chi connectivity index (χ0v) is 13.0. The van der Waals surface area contributed by atoms with Crippen LogP contribution in [0.25, 0.3) is 0 Å². The molecule has 0 atom stereocenters. The standard InChI is InChI=1S/C15H19N5O2/c1-15(2,3)20-12-6-7-19(9-10(12)8-16-20)14(22)11-4-5-13(21)18-17-11/h4-5,8H,6-7,9H2,1-3H3,(H,18,21). The van der Waals surface area contributed by atoms with Crippen LogP contribution in [0, 0.1) is 0 Å². The van der Waals surface area contributed by atoms with Crippen molar-refractivity contribution in [3.05, 3.63) is 45.6 Å². The molecule has 1 aliphatic heterocycles. The summed E-state index contributed by atoms with van der Waals surface area (Å²) in [6.07, 6.45) is 2.60. The number of aromatic nitrogens is 4. The lowest BCUT2D eigenvalue weighted by atomic mass is 10.0. The molecular formula is C15H19N5O2. The Morgan fingerprint density at radius 2 is 2.09 bits per heavy atom. The minimum absolute atomic E-state index is 0.0692. The number of amides is 1. The van der Waals surface area contributed by atoms with Crippen LogP contribution in [-0.4, -0.2) is 37.3 Å². The summed E-state index contributed by atoms with van der Waals surface area (Å²) in [5.41, 5.74) is 2.13. The van der Waals surface area contributed by atoms with Crippen molar-refractivity contribution in [2.24, 2.45) is 0 Å². The number of hydrogen-bond acceptors (Lipinski definition) is 4. The number of fused-ring (bicyclic) bond motifs is 1. The molecule has 2 aromatic heterocycles. The minimum atomic E-state index is -0.316. The molecule has 3 heterocycles. The van der Waals surface area contributed by atoms with Crippen molar-refractivity contribution in [1.82, 2.24) is 24.9 Å². The fourth-order valence-electron chi connectivity index (χ4n) is 2.71. The molecule has 0 bridgehead atoms. The van der Waals surface area contributed by atoms with E-state index >= 15 is 0 Å². The maximum Gasteiger partial charge on any atom is 0.274 e. The third kappa shape index (κ3) is 2.54. The number of rotatable bonds is 1. The van der Waals surface area contributed by atoms with Crippen molar-refractivity contribution >= 4 is 5.91 Å². The predicted molar refractivity (Wildman–Crippen MR) is 80.5 cm³/mol. The monoisotopic (exact) mass is 301 g/mol. The number of carbonyl (C=O) groups excluding carboxylic acids is 1. The van der Waals surface area contributed by atoms with Crippen molar-refractivity contribution < 1.29 is 4.79 Å². The van der Waals surface area contributed by atoms with E-state index in [1.807, 2.05) is 10.9 Å². The van der Waals surface area contributed by atoms with Gasteiger partial charge >= 0.3 is 0 Å². The third-order valence-electron chi connectivity index (χ3n) is 3.76. The first kappa shape index (κ1) is 14.5. The van der Waals surface area contributed by atoms with E-state index in [-0.39, 0.29) is 22.7 Å². The van der Waals surface area contributed by atoms with Crippen LogP contribution >= 0.6 is 0 Å². The first-order chi connectivity index (χ1) is 10.4. The quantitative estimate of drug-likeness (QED) is 0.849. The smallest absolute Gasteiger partial charge is 0.274 e. The summed E-state index contributed by atoms with van der Waals surface area (Å²) in [5, 5.41) is 10.6. The molecule has 0 saturated carbocycles. The molecule has 0 saturated heterocycles. The normalized spacial score (nSPS) is 14.8. The summed E-state index contributed by atoms with van der Waals surface area (Å²) >= 11 is 0. The molecular weight excluding hydrogens is 282 g/mol. The molecule has 0 aliphatic carbocycles. The predicted octanol–water partition coefficient (Wildman–Crippen LogP) is 0.920. The zero-order valence-electron chi connectivity index (χ0n) is 13.0. The Balaban J connectivity index is 1.83. The molecule has 0 spiro atoms. The van der Waals surface area contributed by atoms with Crippen LogP contribution in [-0.2, 0) is 18.5 Å². The van der Waals surface area contributed by atoms with Crippen LogP contribution in [0.4, 0.5) is 0 Å². The molecule has 2 aromatic rings. The van der Waals surface area contributed by atoms with E-state index in [2.05, 4.69) is 36.1 Å². The van der Waals surface area contributed by atoms with Gasteiger partial charge in [0.2, 0.25) is 0 Å². The molecule has 1 aliphatic rings. The van der Waals surface area contributed by atoms with Gasteiger partial charge in [0.25, 0.3) is 11.5 Å². The zero-order chi connectivity index (χ0) is 15.9. The molecule has 7 heteroatoms. The maximum absolute atomic E-state index is 12.4. The van der Waals surface area contributed by atoms with Gasteiger partial charge in [0.15, 0.2) is 0 Å². The van der Waals surface area contributed by atoms with Crippen LogP contribution in [0.15, 0.2) is 23.1 Å². The van der Waals surface area contributed by atoms with Gasteiger partial charge in [-0.3, -0.25) is 14.3 Å². The van der Waals surface area contributed by atoms with Crippen LogP contribution in [0.2, 0.25) is 0 Å². The van der Waals surface area contributed by atoms with Crippen molar-refractivity contribution in [3.63, 3.8) is 0 Å². The second kappa shape index (κ2) is 5.08. The third-order valence-corrected chi connectivity index (χ3v) is 3.76. The van der Waals surface area contributed by atoms with E-state index in [1.54, 1.807) is 4.90 Å². The van der Waals surface area contributed by atoms with Gasteiger partial charge < -0.3 is 4.90 Å². The van der Waals surface area contributed by atoms with E-state index in [1.165, 1.54) is 17.8 Å². The lowest BCUT2D eigenvalue weighted by Gasteiger charge is -2.29. The van der Waals surface area contributed by atoms with Gasteiger partial charge in [-0.1, -0.05) is 0 Å². The highest BCUT2D eigenvalue weighted by atomic mass is 16.2. The van der Waals surface area contributed by atoms with Crippen LogP contribution in [0.3, 0.4) is 0 Å². The Hall–Kier alpha value is -2.44. The summed E-state index contributed by atoms with van der Waals surface area (Å²) in [5.74, 6) is -0.176. The average molecular weight is 301 g/mol. The van der Waals surface area contributed by atoms with Crippen molar-refractivity contribution in [3.8, 4) is 0 Å². The molecule has 22 heavy (non-hydrogen) atoms. The topological polar surface area (TPSA) is 83.9 Å². The van der Waals surface area contributed by atoms with E-state index in [0.29, 0.717) is 13.1 Å². The van der Waals surface area contributed by atoms with Crippen LogP contribution in [0.1, 0.15) is 42.5 Å². The molecule has 0 radical (unpaired) electrons. The lowest BCUT2D eigenvalue weighted by Crippen LogP contribution is -2.38. The first-order valence-corrected chi connectivity index (χ1v) is 7.27. The average Bonchev–Trinajstić information content (AvgIpc) is 2.90. The van der Waals surface area contributed by atoms with E-state index in [0.717, 1.165) is 12.0 Å². The van der Waals surface area contributed by atoms with Gasteiger partial charge in [0.05, 0.1) is 11.7 Å². The number of aromatic amines is 1. The van der Waals surface area contributed by atoms with Crippen molar-refractivity contribution in [1.29, 1.82) is 0 Å². The molecule has 0 unspecified atom stereocenters. The second-order valence-corrected chi connectivity index (χ2v) is 6.48. The van der Waals surface area contributed by atoms with Gasteiger partial charge in [-0.25, -0.2) is 5.10 Å². The maximum atomic E-state index is 12.4. The highest BCUT2D eigenvalue weighted by molar-refractivity contribution is 5.92. The Bertz CT molecular complexity index is 748. The molecule has 1 N–H and O–H groups in total. The largest absolute Gasteiger partial charge is 0.332 e. The molecule has 0 fully saturated rings. The van der Waals surface area contributed by atoms with Gasteiger partial charge in [-0.15, -0.1) is 0 Å². The summed E-state index contributed by atoms with van der Waals surface area (Å²) < 4.78 is 2.03. The SMILES string of the molecule is CC(C)(C)n1ncc2c1CCN(C(=O)c1ccc(=O)[nH]n1)C2. The van der Waals surface area contributed by atoms with Gasteiger partial charge in [-0.2, -0.15) is 10.2 Å². The van der Waals surface area contributed by atoms with Crippen LogP contribution < -0.4 is 5.56 Å². The van der Waals surface area contributed by atoms with Crippen molar-refractivity contribution in [2.75, 3.05) is 6.54 Å². The van der Waals surface area contributed by atoms with Gasteiger partial charge in [0, 0.05) is 36.8 Å². The Kier molecular flexibility index (Phi) is 3.35. The van der Waals surface area contributed by atoms with Gasteiger partial charge in [0.1, 0.15) is 5.69 Å². The summed E-state index contributed by atoms with van der Waals surface area (Å²) in [6, 6.07) is 2.77.